The van der Waals surface area contributed by atoms with E-state index in [-0.39, 0.29) is 17.1 Å². The van der Waals surface area contributed by atoms with Crippen LogP contribution in [0, 0.1) is 0 Å². The molecule has 0 fully saturated rings. The van der Waals surface area contributed by atoms with Crippen LogP contribution in [0.3, 0.4) is 0 Å². The lowest BCUT2D eigenvalue weighted by molar-refractivity contribution is 0.0938. The fourth-order valence-electron chi connectivity index (χ4n) is 3.05. The highest BCUT2D eigenvalue weighted by molar-refractivity contribution is 5.98. The Hall–Kier alpha value is -3.34. The van der Waals surface area contributed by atoms with E-state index in [4.69, 9.17) is 9.15 Å². The van der Waals surface area contributed by atoms with E-state index in [1.54, 1.807) is 36.4 Å². The van der Waals surface area contributed by atoms with Crippen molar-refractivity contribution >= 4 is 16.9 Å². The maximum atomic E-state index is 12.9. The summed E-state index contributed by atoms with van der Waals surface area (Å²) in [6.07, 6.45) is 1.65. The number of hydrogen-bond donors (Lipinski definition) is 1. The summed E-state index contributed by atoms with van der Waals surface area (Å²) in [5.74, 6) is 0.330. The van der Waals surface area contributed by atoms with Crippen LogP contribution < -0.4 is 15.5 Å². The lowest BCUT2D eigenvalue weighted by Crippen LogP contribution is -2.22. The first-order valence-electron chi connectivity index (χ1n) is 7.89. The molecule has 3 aromatic rings. The Bertz CT molecular complexity index is 1050. The first kappa shape index (κ1) is 15.2. The molecule has 5 heteroatoms. The summed E-state index contributed by atoms with van der Waals surface area (Å²) in [6.45, 7) is 4.00. The Labute approximate surface area is 143 Å². The number of para-hydroxylation sites is 1. The molecule has 1 N–H and O–H groups in total. The summed E-state index contributed by atoms with van der Waals surface area (Å²) in [4.78, 5) is 25.2. The summed E-state index contributed by atoms with van der Waals surface area (Å²) in [5.41, 5.74) is 1.31. The molecular formula is C20H15NO4. The Morgan fingerprint density at radius 1 is 1.16 bits per heavy atom. The first-order chi connectivity index (χ1) is 12.2. The van der Waals surface area contributed by atoms with E-state index in [0.29, 0.717) is 28.9 Å². The van der Waals surface area contributed by atoms with E-state index in [1.807, 2.05) is 18.2 Å². The number of ether oxygens (including phenoxy) is 1. The van der Waals surface area contributed by atoms with Crippen molar-refractivity contribution in [3.8, 4) is 5.75 Å². The van der Waals surface area contributed by atoms with Crippen molar-refractivity contribution in [1.29, 1.82) is 0 Å². The average Bonchev–Trinajstić information content (AvgIpc) is 2.97. The predicted molar refractivity (Wildman–Crippen MR) is 93.9 cm³/mol. The molecule has 1 aliphatic heterocycles. The molecule has 0 bridgehead atoms. The van der Waals surface area contributed by atoms with Crippen LogP contribution in [0.4, 0.5) is 0 Å². The van der Waals surface area contributed by atoms with Gasteiger partial charge in [0.05, 0.1) is 17.0 Å². The van der Waals surface area contributed by atoms with Gasteiger partial charge >= 0.3 is 0 Å². The van der Waals surface area contributed by atoms with Crippen molar-refractivity contribution in [1.82, 2.24) is 5.32 Å². The molecule has 4 rings (SSSR count). The molecule has 0 spiro atoms. The molecule has 0 saturated carbocycles. The topological polar surface area (TPSA) is 68.5 Å². The molecule has 0 aliphatic carbocycles. The molecule has 2 aromatic carbocycles. The number of hydrogen-bond acceptors (Lipinski definition) is 4. The minimum atomic E-state index is -0.560. The molecule has 0 saturated heterocycles. The molecule has 1 unspecified atom stereocenters. The smallest absolute Gasteiger partial charge is 0.288 e. The van der Waals surface area contributed by atoms with Crippen molar-refractivity contribution in [3.05, 3.63) is 88.3 Å². The van der Waals surface area contributed by atoms with Crippen LogP contribution in [0.15, 0.2) is 70.4 Å². The van der Waals surface area contributed by atoms with Crippen molar-refractivity contribution in [2.45, 2.75) is 6.04 Å². The number of amides is 1. The number of rotatable bonds is 4. The van der Waals surface area contributed by atoms with E-state index in [9.17, 15) is 9.59 Å². The molecule has 124 valence electrons. The van der Waals surface area contributed by atoms with Crippen molar-refractivity contribution < 1.29 is 13.9 Å². The minimum absolute atomic E-state index is 0.0751. The number of benzene rings is 2. The molecule has 5 nitrogen and oxygen atoms in total. The van der Waals surface area contributed by atoms with Crippen LogP contribution in [0.5, 0.6) is 5.75 Å². The van der Waals surface area contributed by atoms with Gasteiger partial charge in [0.25, 0.3) is 5.91 Å². The van der Waals surface area contributed by atoms with Gasteiger partial charge in [-0.3, -0.25) is 9.59 Å². The summed E-state index contributed by atoms with van der Waals surface area (Å²) in [6, 6.07) is 13.6. The Balaban J connectivity index is 1.86. The summed E-state index contributed by atoms with van der Waals surface area (Å²) < 4.78 is 11.2. The monoisotopic (exact) mass is 333 g/mol. The van der Waals surface area contributed by atoms with Gasteiger partial charge in [-0.1, -0.05) is 36.9 Å². The lowest BCUT2D eigenvalue weighted by Gasteiger charge is -2.13. The number of carbonyl (C=O) groups is 1. The first-order valence-corrected chi connectivity index (χ1v) is 7.89. The third-order valence-electron chi connectivity index (χ3n) is 4.16. The lowest BCUT2D eigenvalue weighted by atomic mass is 9.99. The van der Waals surface area contributed by atoms with Crippen LogP contribution in [0.1, 0.15) is 27.7 Å². The predicted octanol–water partition coefficient (Wildman–Crippen LogP) is 3.19. The molecule has 1 aliphatic rings. The standard InChI is InChI=1S/C20H15NO4/c1-2-10-24-13-7-5-6-12(11-13)17-16-18(22)14-8-3-4-9-15(14)25-19(16)20(23)21-17/h2-9,11,17H,1,10H2,(H,21,23). The van der Waals surface area contributed by atoms with Crippen molar-refractivity contribution in [3.63, 3.8) is 0 Å². The SMILES string of the molecule is C=CCOc1cccc(C2NC(=O)c3oc4ccccc4c(=O)c32)c1. The fourth-order valence-corrected chi connectivity index (χ4v) is 3.05. The van der Waals surface area contributed by atoms with Crippen molar-refractivity contribution in [2.75, 3.05) is 6.61 Å². The van der Waals surface area contributed by atoms with Crippen molar-refractivity contribution in [2.24, 2.45) is 0 Å². The Morgan fingerprint density at radius 3 is 2.84 bits per heavy atom. The highest BCUT2D eigenvalue weighted by Crippen LogP contribution is 2.32. The third kappa shape index (κ3) is 2.50. The van der Waals surface area contributed by atoms with E-state index < -0.39 is 6.04 Å². The van der Waals surface area contributed by atoms with Gasteiger partial charge < -0.3 is 14.5 Å². The molecular weight excluding hydrogens is 318 g/mol. The molecule has 2 heterocycles. The minimum Gasteiger partial charge on any atom is -0.490 e. The zero-order valence-electron chi connectivity index (χ0n) is 13.3. The maximum absolute atomic E-state index is 12.9. The van der Waals surface area contributed by atoms with E-state index in [1.165, 1.54) is 0 Å². The van der Waals surface area contributed by atoms with Gasteiger partial charge in [0.1, 0.15) is 17.9 Å². The van der Waals surface area contributed by atoms with Crippen LogP contribution in [-0.2, 0) is 0 Å². The molecule has 0 radical (unpaired) electrons. The highest BCUT2D eigenvalue weighted by atomic mass is 16.5. The van der Waals surface area contributed by atoms with Gasteiger partial charge in [-0.2, -0.15) is 0 Å². The summed E-state index contributed by atoms with van der Waals surface area (Å²) in [5, 5.41) is 3.29. The van der Waals surface area contributed by atoms with E-state index in [2.05, 4.69) is 11.9 Å². The quantitative estimate of drug-likeness (QED) is 0.745. The zero-order chi connectivity index (χ0) is 17.4. The second kappa shape index (κ2) is 5.94. The molecule has 1 aromatic heterocycles. The normalized spacial score (nSPS) is 15.7. The number of fused-ring (bicyclic) bond motifs is 2. The van der Waals surface area contributed by atoms with Gasteiger partial charge in [-0.05, 0) is 29.8 Å². The van der Waals surface area contributed by atoms with Gasteiger partial charge in [-0.15, -0.1) is 0 Å². The highest BCUT2D eigenvalue weighted by Gasteiger charge is 2.35. The zero-order valence-corrected chi connectivity index (χ0v) is 13.3. The van der Waals surface area contributed by atoms with Crippen LogP contribution in [0.25, 0.3) is 11.0 Å². The second-order valence-electron chi connectivity index (χ2n) is 5.75. The number of nitrogens with one attached hydrogen (secondary N) is 1. The van der Waals surface area contributed by atoms with E-state index in [0.717, 1.165) is 5.56 Å². The Morgan fingerprint density at radius 2 is 2.00 bits per heavy atom. The second-order valence-corrected chi connectivity index (χ2v) is 5.75. The molecule has 1 atom stereocenters. The van der Waals surface area contributed by atoms with Gasteiger partial charge in [0.2, 0.25) is 5.76 Å². The molecule has 25 heavy (non-hydrogen) atoms. The summed E-state index contributed by atoms with van der Waals surface area (Å²) >= 11 is 0. The van der Waals surface area contributed by atoms with Crippen LogP contribution in [-0.4, -0.2) is 12.5 Å². The Kier molecular flexibility index (Phi) is 3.61. The maximum Gasteiger partial charge on any atom is 0.288 e. The van der Waals surface area contributed by atoms with Gasteiger partial charge in [-0.25, -0.2) is 0 Å². The largest absolute Gasteiger partial charge is 0.490 e. The summed E-state index contributed by atoms with van der Waals surface area (Å²) in [7, 11) is 0. The third-order valence-corrected chi connectivity index (χ3v) is 4.16. The van der Waals surface area contributed by atoms with Gasteiger partial charge in [0.15, 0.2) is 5.43 Å². The van der Waals surface area contributed by atoms with Crippen LogP contribution in [0.2, 0.25) is 0 Å². The fraction of sp³-hybridized carbons (Fsp3) is 0.100. The van der Waals surface area contributed by atoms with E-state index >= 15 is 0 Å². The van der Waals surface area contributed by atoms with Crippen LogP contribution >= 0.6 is 0 Å². The number of carbonyl (C=O) groups excluding carboxylic acids is 1. The molecule has 1 amide bonds. The van der Waals surface area contributed by atoms with Gasteiger partial charge in [0, 0.05) is 0 Å². The average molecular weight is 333 g/mol.